The molecule has 0 amide bonds. The van der Waals surface area contributed by atoms with Gasteiger partial charge in [0.05, 0.1) is 17.4 Å². The summed E-state index contributed by atoms with van der Waals surface area (Å²) in [6.45, 7) is 0.305. The van der Waals surface area contributed by atoms with Crippen LogP contribution in [0.25, 0.3) is 0 Å². The van der Waals surface area contributed by atoms with Crippen LogP contribution in [-0.2, 0) is 6.42 Å². The zero-order valence-corrected chi connectivity index (χ0v) is 14.9. The first-order valence-electron chi connectivity index (χ1n) is 9.22. The van der Waals surface area contributed by atoms with Crippen molar-refractivity contribution < 1.29 is 9.47 Å². The van der Waals surface area contributed by atoms with Crippen LogP contribution in [0.2, 0.25) is 0 Å². The van der Waals surface area contributed by atoms with Gasteiger partial charge in [0.1, 0.15) is 0 Å². The SMILES string of the molecule is c1ccc(C2=NN(c3ccccc3)C(Cc3ccc4c(c3)OCO4)C2)cc1. The fraction of sp³-hybridized carbons (Fsp3) is 0.174. The van der Waals surface area contributed by atoms with Crippen molar-refractivity contribution in [1.29, 1.82) is 0 Å². The highest BCUT2D eigenvalue weighted by Crippen LogP contribution is 2.34. The molecule has 0 saturated heterocycles. The molecule has 27 heavy (non-hydrogen) atoms. The third-order valence-corrected chi connectivity index (χ3v) is 5.04. The molecule has 3 aromatic rings. The second-order valence-electron chi connectivity index (χ2n) is 6.84. The van der Waals surface area contributed by atoms with Crippen molar-refractivity contribution in [3.8, 4) is 11.5 Å². The van der Waals surface area contributed by atoms with E-state index in [2.05, 4.69) is 65.7 Å². The molecular weight excluding hydrogens is 336 g/mol. The highest BCUT2D eigenvalue weighted by molar-refractivity contribution is 6.03. The van der Waals surface area contributed by atoms with E-state index in [1.807, 2.05) is 18.2 Å². The lowest BCUT2D eigenvalue weighted by Gasteiger charge is -2.23. The highest BCUT2D eigenvalue weighted by atomic mass is 16.7. The summed E-state index contributed by atoms with van der Waals surface area (Å²) < 4.78 is 11.0. The Morgan fingerprint density at radius 3 is 2.41 bits per heavy atom. The highest BCUT2D eigenvalue weighted by Gasteiger charge is 2.29. The predicted molar refractivity (Wildman–Crippen MR) is 107 cm³/mol. The van der Waals surface area contributed by atoms with Gasteiger partial charge in [0.15, 0.2) is 11.5 Å². The van der Waals surface area contributed by atoms with Crippen molar-refractivity contribution >= 4 is 11.4 Å². The molecule has 1 atom stereocenters. The topological polar surface area (TPSA) is 34.1 Å². The summed E-state index contributed by atoms with van der Waals surface area (Å²) in [5.41, 5.74) is 4.67. The Bertz CT molecular complexity index is 970. The molecule has 2 aliphatic heterocycles. The molecule has 1 unspecified atom stereocenters. The van der Waals surface area contributed by atoms with E-state index in [1.165, 1.54) is 11.1 Å². The van der Waals surface area contributed by atoms with Gasteiger partial charge in [0.2, 0.25) is 6.79 Å². The molecule has 5 rings (SSSR count). The van der Waals surface area contributed by atoms with Crippen LogP contribution < -0.4 is 14.5 Å². The molecule has 3 aromatic carbocycles. The lowest BCUT2D eigenvalue weighted by Crippen LogP contribution is -2.28. The van der Waals surface area contributed by atoms with E-state index in [-0.39, 0.29) is 6.04 Å². The van der Waals surface area contributed by atoms with Crippen molar-refractivity contribution in [2.24, 2.45) is 5.10 Å². The normalized spacial score (nSPS) is 17.9. The van der Waals surface area contributed by atoms with Gasteiger partial charge in [0, 0.05) is 6.42 Å². The van der Waals surface area contributed by atoms with Gasteiger partial charge in [-0.1, -0.05) is 54.6 Å². The first-order chi connectivity index (χ1) is 13.4. The Hall–Kier alpha value is -3.27. The van der Waals surface area contributed by atoms with E-state index in [0.717, 1.165) is 35.7 Å². The summed E-state index contributed by atoms with van der Waals surface area (Å²) in [6, 6.07) is 27.3. The number of benzene rings is 3. The van der Waals surface area contributed by atoms with Crippen LogP contribution >= 0.6 is 0 Å². The predicted octanol–water partition coefficient (Wildman–Crippen LogP) is 4.64. The molecule has 0 bridgehead atoms. The zero-order valence-electron chi connectivity index (χ0n) is 14.9. The molecule has 0 radical (unpaired) electrons. The minimum atomic E-state index is 0.267. The molecule has 2 heterocycles. The fourth-order valence-corrected chi connectivity index (χ4v) is 3.72. The number of nitrogens with zero attached hydrogens (tertiary/aromatic N) is 2. The van der Waals surface area contributed by atoms with Crippen molar-refractivity contribution in [2.75, 3.05) is 11.8 Å². The molecule has 0 fully saturated rings. The van der Waals surface area contributed by atoms with Gasteiger partial charge < -0.3 is 9.47 Å². The van der Waals surface area contributed by atoms with Crippen LogP contribution in [0, 0.1) is 0 Å². The van der Waals surface area contributed by atoms with Crippen LogP contribution in [0.15, 0.2) is 84.0 Å². The van der Waals surface area contributed by atoms with Crippen LogP contribution in [0.1, 0.15) is 17.5 Å². The lowest BCUT2D eigenvalue weighted by molar-refractivity contribution is 0.174. The molecule has 4 heteroatoms. The number of hydrazone groups is 1. The van der Waals surface area contributed by atoms with Gasteiger partial charge in [-0.15, -0.1) is 0 Å². The largest absolute Gasteiger partial charge is 0.454 e. The van der Waals surface area contributed by atoms with Gasteiger partial charge in [-0.2, -0.15) is 5.10 Å². The number of rotatable bonds is 4. The molecule has 0 spiro atoms. The number of fused-ring (bicyclic) bond motifs is 1. The number of anilines is 1. The van der Waals surface area contributed by atoms with Gasteiger partial charge in [0.25, 0.3) is 0 Å². The quantitative estimate of drug-likeness (QED) is 0.683. The summed E-state index contributed by atoms with van der Waals surface area (Å²) >= 11 is 0. The van der Waals surface area contributed by atoms with E-state index in [9.17, 15) is 0 Å². The summed E-state index contributed by atoms with van der Waals surface area (Å²) in [6.07, 6.45) is 1.80. The lowest BCUT2D eigenvalue weighted by atomic mass is 9.98. The number of para-hydroxylation sites is 1. The molecule has 0 aliphatic carbocycles. The zero-order chi connectivity index (χ0) is 18.1. The maximum Gasteiger partial charge on any atom is 0.231 e. The number of hydrogen-bond donors (Lipinski definition) is 0. The van der Waals surface area contributed by atoms with Gasteiger partial charge in [-0.3, -0.25) is 5.01 Å². The van der Waals surface area contributed by atoms with Gasteiger partial charge in [-0.05, 0) is 41.8 Å². The van der Waals surface area contributed by atoms with Crippen molar-refractivity contribution in [3.63, 3.8) is 0 Å². The smallest absolute Gasteiger partial charge is 0.231 e. The minimum absolute atomic E-state index is 0.267. The Labute approximate surface area is 158 Å². The van der Waals surface area contributed by atoms with Crippen LogP contribution in [0.3, 0.4) is 0 Å². The molecule has 0 saturated carbocycles. The average Bonchev–Trinajstić information content (AvgIpc) is 3.36. The third-order valence-electron chi connectivity index (χ3n) is 5.04. The number of ether oxygens (including phenoxy) is 2. The van der Waals surface area contributed by atoms with E-state index < -0.39 is 0 Å². The molecular formula is C23H20N2O2. The standard InChI is InChI=1S/C23H20N2O2/c1-3-7-18(8-4-1)21-15-20(25(24-21)19-9-5-2-6-10-19)13-17-11-12-22-23(14-17)27-16-26-22/h1-12,14,20H,13,15-16H2. The number of hydrogen-bond acceptors (Lipinski definition) is 4. The minimum Gasteiger partial charge on any atom is -0.454 e. The Kier molecular flexibility index (Phi) is 4.02. The summed E-state index contributed by atoms with van der Waals surface area (Å²) in [4.78, 5) is 0. The van der Waals surface area contributed by atoms with Crippen molar-refractivity contribution in [1.82, 2.24) is 0 Å². The maximum atomic E-state index is 5.54. The molecule has 4 nitrogen and oxygen atoms in total. The second-order valence-corrected chi connectivity index (χ2v) is 6.84. The summed E-state index contributed by atoms with van der Waals surface area (Å²) in [5.74, 6) is 1.66. The molecule has 0 aromatic heterocycles. The van der Waals surface area contributed by atoms with E-state index >= 15 is 0 Å². The third kappa shape index (κ3) is 3.14. The first kappa shape index (κ1) is 15.9. The van der Waals surface area contributed by atoms with E-state index in [4.69, 9.17) is 14.6 Å². The molecule has 2 aliphatic rings. The van der Waals surface area contributed by atoms with Crippen molar-refractivity contribution in [3.05, 3.63) is 90.0 Å². The van der Waals surface area contributed by atoms with Crippen molar-refractivity contribution in [2.45, 2.75) is 18.9 Å². The summed E-state index contributed by atoms with van der Waals surface area (Å²) in [7, 11) is 0. The van der Waals surface area contributed by atoms with Crippen LogP contribution in [-0.4, -0.2) is 18.5 Å². The Balaban J connectivity index is 1.45. The first-order valence-corrected chi connectivity index (χ1v) is 9.22. The summed E-state index contributed by atoms with van der Waals surface area (Å²) in [5, 5.41) is 7.13. The van der Waals surface area contributed by atoms with E-state index in [1.54, 1.807) is 0 Å². The fourth-order valence-electron chi connectivity index (χ4n) is 3.72. The Morgan fingerprint density at radius 2 is 1.59 bits per heavy atom. The van der Waals surface area contributed by atoms with Gasteiger partial charge in [-0.25, -0.2) is 0 Å². The molecule has 134 valence electrons. The maximum absolute atomic E-state index is 5.54. The van der Waals surface area contributed by atoms with Crippen LogP contribution in [0.5, 0.6) is 11.5 Å². The van der Waals surface area contributed by atoms with Gasteiger partial charge >= 0.3 is 0 Å². The monoisotopic (exact) mass is 356 g/mol. The van der Waals surface area contributed by atoms with Crippen LogP contribution in [0.4, 0.5) is 5.69 Å². The van der Waals surface area contributed by atoms with E-state index in [0.29, 0.717) is 6.79 Å². The average molecular weight is 356 g/mol. The second kappa shape index (κ2) is 6.80. The molecule has 0 N–H and O–H groups in total. The Morgan fingerprint density at radius 1 is 0.852 bits per heavy atom.